The van der Waals surface area contributed by atoms with Crippen LogP contribution in [0.3, 0.4) is 0 Å². The molecule has 0 radical (unpaired) electrons. The Morgan fingerprint density at radius 1 is 1.13 bits per heavy atom. The first-order valence-electron chi connectivity index (χ1n) is 13.0. The first kappa shape index (κ1) is 27.3. The number of allylic oxidation sites excluding steroid dienone is 1. The first-order valence-corrected chi connectivity index (χ1v) is 13.0. The fraction of sp³-hybridized carbons (Fsp3) is 0.464. The highest BCUT2D eigenvalue weighted by Crippen LogP contribution is 2.38. The van der Waals surface area contributed by atoms with Crippen molar-refractivity contribution in [1.82, 2.24) is 25.1 Å². The Kier molecular flexibility index (Phi) is 8.11. The van der Waals surface area contributed by atoms with Crippen LogP contribution in [0.25, 0.3) is 0 Å². The molecule has 1 aliphatic carbocycles. The van der Waals surface area contributed by atoms with Crippen molar-refractivity contribution in [2.75, 3.05) is 45.2 Å². The van der Waals surface area contributed by atoms with Crippen molar-refractivity contribution in [1.29, 1.82) is 0 Å². The maximum atomic E-state index is 12.1. The van der Waals surface area contributed by atoms with Gasteiger partial charge in [-0.05, 0) is 51.1 Å². The highest BCUT2D eigenvalue weighted by Gasteiger charge is 2.37. The third-order valence-corrected chi connectivity index (χ3v) is 6.74. The zero-order chi connectivity index (χ0) is 27.3. The zero-order valence-electron chi connectivity index (χ0n) is 23.0. The average Bonchev–Trinajstić information content (AvgIpc) is 2.88. The number of urea groups is 1. The lowest BCUT2D eigenvalue weighted by atomic mass is 9.82. The second kappa shape index (κ2) is 11.3. The maximum absolute atomic E-state index is 12.1. The van der Waals surface area contributed by atoms with Crippen LogP contribution in [-0.4, -0.2) is 71.2 Å². The molecule has 1 aliphatic heterocycles. The number of nitrogens with zero attached hydrogens (tertiary/aromatic N) is 4. The summed E-state index contributed by atoms with van der Waals surface area (Å²) in [5.41, 5.74) is 6.56. The van der Waals surface area contributed by atoms with Crippen molar-refractivity contribution in [3.8, 4) is 11.6 Å². The summed E-state index contributed by atoms with van der Waals surface area (Å²) in [6.07, 6.45) is 5.95. The van der Waals surface area contributed by atoms with E-state index in [-0.39, 0.29) is 5.54 Å². The Labute approximate surface area is 224 Å². The largest absolute Gasteiger partial charge is 0.499 e. The number of carbonyl (C=O) groups excluding carboxylic acids is 1. The smallest absolute Gasteiger partial charge is 0.313 e. The number of likely N-dealkylation sites (N-methyl/N-ethyl adjacent to an activating group) is 1. The van der Waals surface area contributed by atoms with Crippen LogP contribution in [0.1, 0.15) is 39.7 Å². The molecule has 2 aromatic rings. The van der Waals surface area contributed by atoms with Gasteiger partial charge >= 0.3 is 6.03 Å². The number of piperazine rings is 1. The minimum atomic E-state index is -0.844. The molecule has 204 valence electrons. The molecule has 38 heavy (non-hydrogen) atoms. The molecule has 10 heteroatoms. The number of benzene rings is 1. The van der Waals surface area contributed by atoms with Crippen LogP contribution >= 0.6 is 0 Å². The van der Waals surface area contributed by atoms with Crippen molar-refractivity contribution in [3.63, 3.8) is 0 Å². The van der Waals surface area contributed by atoms with Gasteiger partial charge < -0.3 is 35.6 Å². The highest BCUT2D eigenvalue weighted by molar-refractivity contribution is 5.74. The molecule has 4 N–H and O–H groups in total. The zero-order valence-corrected chi connectivity index (χ0v) is 23.0. The summed E-state index contributed by atoms with van der Waals surface area (Å²) in [5.74, 6) is 2.54. The molecule has 10 nitrogen and oxygen atoms in total. The molecule has 2 aliphatic rings. The van der Waals surface area contributed by atoms with Crippen molar-refractivity contribution in [2.45, 2.75) is 45.2 Å². The number of amides is 2. The number of anilines is 1. The molecule has 0 bridgehead atoms. The predicted molar refractivity (Wildman–Crippen MR) is 148 cm³/mol. The SMILES string of the molecule is CCN1CCN(C2=C(OC)CC(NC(N)=O)(c3ccc(Oc4cc(NC(C)(C)C)ncn4)cc3)C=C2)CC1. The third-order valence-electron chi connectivity index (χ3n) is 6.74. The van der Waals surface area contributed by atoms with E-state index in [1.54, 1.807) is 13.2 Å². The standard InChI is InChI=1S/C28H39N7O3/c1-6-34-13-15-35(16-14-34)22-11-12-28(33-26(29)36,18-23(22)37-5)20-7-9-21(10-8-20)38-25-17-24(30-19-31-25)32-27(2,3)4/h7-12,17,19H,6,13-16,18H2,1-5H3,(H3,29,33,36)(H,30,31,32). The summed E-state index contributed by atoms with van der Waals surface area (Å²) >= 11 is 0. The van der Waals surface area contributed by atoms with Gasteiger partial charge in [-0.2, -0.15) is 0 Å². The van der Waals surface area contributed by atoms with Crippen molar-refractivity contribution in [2.24, 2.45) is 5.73 Å². The van der Waals surface area contributed by atoms with Crippen molar-refractivity contribution >= 4 is 11.8 Å². The number of hydrogen-bond donors (Lipinski definition) is 3. The summed E-state index contributed by atoms with van der Waals surface area (Å²) in [5, 5.41) is 6.27. The number of methoxy groups -OCH3 is 1. The van der Waals surface area contributed by atoms with Gasteiger partial charge in [0, 0.05) is 44.2 Å². The van der Waals surface area contributed by atoms with E-state index >= 15 is 0 Å². The summed E-state index contributed by atoms with van der Waals surface area (Å²) in [6.45, 7) is 13.3. The molecular weight excluding hydrogens is 482 g/mol. The molecule has 1 aromatic heterocycles. The van der Waals surface area contributed by atoms with Gasteiger partial charge in [0.15, 0.2) is 0 Å². The highest BCUT2D eigenvalue weighted by atomic mass is 16.5. The van der Waals surface area contributed by atoms with E-state index in [4.69, 9.17) is 15.2 Å². The molecule has 1 unspecified atom stereocenters. The lowest BCUT2D eigenvalue weighted by Gasteiger charge is -2.41. The maximum Gasteiger partial charge on any atom is 0.313 e. The molecule has 1 aromatic carbocycles. The number of nitrogens with one attached hydrogen (secondary N) is 2. The molecule has 1 saturated heterocycles. The van der Waals surface area contributed by atoms with Gasteiger partial charge in [-0.25, -0.2) is 14.8 Å². The average molecular weight is 522 g/mol. The van der Waals surface area contributed by atoms with E-state index in [0.29, 0.717) is 23.9 Å². The van der Waals surface area contributed by atoms with E-state index in [1.807, 2.05) is 36.4 Å². The van der Waals surface area contributed by atoms with E-state index < -0.39 is 11.6 Å². The van der Waals surface area contributed by atoms with Crippen LogP contribution in [0, 0.1) is 0 Å². The normalized spacial score (nSPS) is 20.3. The van der Waals surface area contributed by atoms with Crippen molar-refractivity contribution < 1.29 is 14.3 Å². The fourth-order valence-corrected chi connectivity index (χ4v) is 4.85. The third kappa shape index (κ3) is 6.55. The van der Waals surface area contributed by atoms with Gasteiger partial charge in [0.2, 0.25) is 5.88 Å². The Hall–Kier alpha value is -3.79. The Morgan fingerprint density at radius 2 is 1.84 bits per heavy atom. The molecule has 1 fully saturated rings. The lowest BCUT2D eigenvalue weighted by molar-refractivity contribution is 0.153. The number of primary amides is 1. The Morgan fingerprint density at radius 3 is 2.45 bits per heavy atom. The van der Waals surface area contributed by atoms with Gasteiger partial charge in [0.05, 0.1) is 18.3 Å². The molecule has 0 saturated carbocycles. The Balaban J connectivity index is 1.54. The van der Waals surface area contributed by atoms with E-state index in [1.165, 1.54) is 6.33 Å². The number of ether oxygens (including phenoxy) is 2. The van der Waals surface area contributed by atoms with Gasteiger partial charge in [0.25, 0.3) is 0 Å². The summed E-state index contributed by atoms with van der Waals surface area (Å²) in [7, 11) is 1.67. The van der Waals surface area contributed by atoms with Crippen LogP contribution in [0.4, 0.5) is 10.6 Å². The lowest BCUT2D eigenvalue weighted by Crippen LogP contribution is -2.50. The topological polar surface area (TPSA) is 118 Å². The Bertz CT molecular complexity index is 1180. The quantitative estimate of drug-likeness (QED) is 0.480. The molecule has 4 rings (SSSR count). The van der Waals surface area contributed by atoms with Crippen LogP contribution in [0.5, 0.6) is 11.6 Å². The molecule has 1 atom stereocenters. The van der Waals surface area contributed by atoms with Crippen LogP contribution in [0.2, 0.25) is 0 Å². The molecule has 2 amide bonds. The van der Waals surface area contributed by atoms with E-state index in [0.717, 1.165) is 49.7 Å². The summed E-state index contributed by atoms with van der Waals surface area (Å²) in [6, 6.07) is 8.69. The monoisotopic (exact) mass is 521 g/mol. The number of hydrogen-bond acceptors (Lipinski definition) is 8. The number of nitrogens with two attached hydrogens (primary N) is 1. The number of carbonyl (C=O) groups is 1. The minimum absolute atomic E-state index is 0.137. The molecule has 2 heterocycles. The predicted octanol–water partition coefficient (Wildman–Crippen LogP) is 3.80. The fourth-order valence-electron chi connectivity index (χ4n) is 4.85. The number of rotatable bonds is 8. The van der Waals surface area contributed by atoms with Crippen LogP contribution in [0.15, 0.2) is 60.3 Å². The second-order valence-electron chi connectivity index (χ2n) is 10.6. The van der Waals surface area contributed by atoms with Crippen LogP contribution in [-0.2, 0) is 10.3 Å². The van der Waals surface area contributed by atoms with Gasteiger partial charge in [-0.3, -0.25) is 0 Å². The number of aromatic nitrogens is 2. The molecule has 0 spiro atoms. The minimum Gasteiger partial charge on any atom is -0.499 e. The second-order valence-corrected chi connectivity index (χ2v) is 10.6. The van der Waals surface area contributed by atoms with E-state index in [9.17, 15) is 4.79 Å². The first-order chi connectivity index (χ1) is 18.1. The van der Waals surface area contributed by atoms with E-state index in [2.05, 4.69) is 58.1 Å². The van der Waals surface area contributed by atoms with Gasteiger partial charge in [-0.1, -0.05) is 25.1 Å². The van der Waals surface area contributed by atoms with Gasteiger partial charge in [-0.15, -0.1) is 0 Å². The van der Waals surface area contributed by atoms with Gasteiger partial charge in [0.1, 0.15) is 23.7 Å². The summed E-state index contributed by atoms with van der Waals surface area (Å²) < 4.78 is 11.8. The van der Waals surface area contributed by atoms with Crippen molar-refractivity contribution in [3.05, 3.63) is 65.8 Å². The summed E-state index contributed by atoms with van der Waals surface area (Å²) in [4.78, 5) is 25.4. The molecular formula is C28H39N7O3. The van der Waals surface area contributed by atoms with Crippen LogP contribution < -0.4 is 21.1 Å².